The van der Waals surface area contributed by atoms with E-state index < -0.39 is 0 Å². The van der Waals surface area contributed by atoms with Gasteiger partial charge in [0.2, 0.25) is 5.91 Å². The molecule has 94 valence electrons. The van der Waals surface area contributed by atoms with Crippen molar-refractivity contribution in [3.8, 4) is 0 Å². The van der Waals surface area contributed by atoms with Crippen molar-refractivity contribution in [2.45, 2.75) is 38.1 Å². The molecule has 17 heavy (non-hydrogen) atoms. The standard InChI is InChI=1S/C11H17N3O3/c15-7-6-14(8-2-1-3-8)11(17)9-4-5-10(16)13-12-9/h8,15H,1-7H2,(H,13,16). The molecule has 0 aromatic rings. The maximum Gasteiger partial charge on any atom is 0.270 e. The maximum atomic E-state index is 12.2. The number of hydrogen-bond acceptors (Lipinski definition) is 4. The van der Waals surface area contributed by atoms with Gasteiger partial charge in [0, 0.05) is 25.4 Å². The molecular formula is C11H17N3O3. The van der Waals surface area contributed by atoms with E-state index in [0.717, 1.165) is 19.3 Å². The highest BCUT2D eigenvalue weighted by atomic mass is 16.3. The molecule has 6 nitrogen and oxygen atoms in total. The van der Waals surface area contributed by atoms with E-state index >= 15 is 0 Å². The van der Waals surface area contributed by atoms with E-state index in [1.807, 2.05) is 0 Å². The predicted molar refractivity (Wildman–Crippen MR) is 61.2 cm³/mol. The zero-order valence-electron chi connectivity index (χ0n) is 9.69. The Balaban J connectivity index is 2.02. The Kier molecular flexibility index (Phi) is 3.73. The minimum Gasteiger partial charge on any atom is -0.395 e. The summed E-state index contributed by atoms with van der Waals surface area (Å²) >= 11 is 0. The minimum atomic E-state index is -0.154. The van der Waals surface area contributed by atoms with E-state index in [2.05, 4.69) is 10.5 Å². The molecule has 1 aliphatic heterocycles. The van der Waals surface area contributed by atoms with Gasteiger partial charge in [-0.25, -0.2) is 5.43 Å². The lowest BCUT2D eigenvalue weighted by molar-refractivity contribution is -0.128. The van der Waals surface area contributed by atoms with Crippen molar-refractivity contribution in [2.24, 2.45) is 5.10 Å². The third-order valence-electron chi connectivity index (χ3n) is 3.27. The molecule has 2 rings (SSSR count). The van der Waals surface area contributed by atoms with E-state index in [0.29, 0.717) is 25.1 Å². The van der Waals surface area contributed by atoms with Crippen LogP contribution < -0.4 is 5.43 Å². The fraction of sp³-hybridized carbons (Fsp3) is 0.727. The summed E-state index contributed by atoms with van der Waals surface area (Å²) in [5.74, 6) is -0.303. The van der Waals surface area contributed by atoms with Crippen molar-refractivity contribution in [1.29, 1.82) is 0 Å². The third-order valence-corrected chi connectivity index (χ3v) is 3.27. The first kappa shape index (κ1) is 12.0. The Morgan fingerprint density at radius 1 is 1.47 bits per heavy atom. The highest BCUT2D eigenvalue weighted by Crippen LogP contribution is 2.25. The van der Waals surface area contributed by atoms with Crippen LogP contribution >= 0.6 is 0 Å². The second-order valence-corrected chi connectivity index (χ2v) is 4.40. The quantitative estimate of drug-likeness (QED) is 0.702. The lowest BCUT2D eigenvalue weighted by atomic mass is 9.91. The normalized spacial score (nSPS) is 20.3. The smallest absolute Gasteiger partial charge is 0.270 e. The van der Waals surface area contributed by atoms with E-state index in [1.54, 1.807) is 4.90 Å². The summed E-state index contributed by atoms with van der Waals surface area (Å²) in [6.45, 7) is 0.304. The number of nitrogens with one attached hydrogen (secondary N) is 1. The molecule has 2 amide bonds. The summed E-state index contributed by atoms with van der Waals surface area (Å²) in [5, 5.41) is 12.8. The molecule has 2 aliphatic rings. The first-order valence-electron chi connectivity index (χ1n) is 5.99. The Labute approximate surface area is 99.7 Å². The van der Waals surface area contributed by atoms with Crippen LogP contribution in [0.4, 0.5) is 0 Å². The van der Waals surface area contributed by atoms with Crippen molar-refractivity contribution in [3.05, 3.63) is 0 Å². The van der Waals surface area contributed by atoms with Crippen LogP contribution in [-0.2, 0) is 9.59 Å². The summed E-state index contributed by atoms with van der Waals surface area (Å²) in [5.41, 5.74) is 2.72. The number of rotatable bonds is 4. The topological polar surface area (TPSA) is 82.0 Å². The van der Waals surface area contributed by atoms with Gasteiger partial charge in [0.15, 0.2) is 0 Å². The average Bonchev–Trinajstić information content (AvgIpc) is 2.26. The molecule has 0 aromatic heterocycles. The van der Waals surface area contributed by atoms with E-state index in [9.17, 15) is 9.59 Å². The molecule has 0 bridgehead atoms. The summed E-state index contributed by atoms with van der Waals surface area (Å²) in [4.78, 5) is 24.8. The summed E-state index contributed by atoms with van der Waals surface area (Å²) in [6.07, 6.45) is 3.81. The maximum absolute atomic E-state index is 12.2. The van der Waals surface area contributed by atoms with Crippen molar-refractivity contribution in [2.75, 3.05) is 13.2 Å². The van der Waals surface area contributed by atoms with Crippen LogP contribution in [0.3, 0.4) is 0 Å². The fourth-order valence-corrected chi connectivity index (χ4v) is 2.05. The van der Waals surface area contributed by atoms with Crippen LogP contribution in [0.5, 0.6) is 0 Å². The van der Waals surface area contributed by atoms with Crippen LogP contribution in [0.15, 0.2) is 5.10 Å². The molecule has 6 heteroatoms. The van der Waals surface area contributed by atoms with Gasteiger partial charge < -0.3 is 10.0 Å². The number of carbonyl (C=O) groups excluding carboxylic acids is 2. The number of nitrogens with zero attached hydrogens (tertiary/aromatic N) is 2. The lowest BCUT2D eigenvalue weighted by Crippen LogP contribution is -2.49. The molecule has 1 saturated carbocycles. The molecule has 0 atom stereocenters. The number of hydrazone groups is 1. The number of carbonyl (C=O) groups is 2. The number of aliphatic hydroxyl groups excluding tert-OH is 1. The Hall–Kier alpha value is -1.43. The monoisotopic (exact) mass is 239 g/mol. The van der Waals surface area contributed by atoms with E-state index in [4.69, 9.17) is 5.11 Å². The van der Waals surface area contributed by atoms with Crippen molar-refractivity contribution in [1.82, 2.24) is 10.3 Å². The largest absolute Gasteiger partial charge is 0.395 e. The first-order chi connectivity index (χ1) is 8.22. The molecule has 0 spiro atoms. The molecule has 1 heterocycles. The van der Waals surface area contributed by atoms with Gasteiger partial charge in [-0.15, -0.1) is 0 Å². The van der Waals surface area contributed by atoms with Crippen molar-refractivity contribution in [3.63, 3.8) is 0 Å². The number of aliphatic hydroxyl groups is 1. The molecule has 1 aliphatic carbocycles. The number of amides is 2. The average molecular weight is 239 g/mol. The third kappa shape index (κ3) is 2.63. The fourth-order valence-electron chi connectivity index (χ4n) is 2.05. The first-order valence-corrected chi connectivity index (χ1v) is 5.99. The summed E-state index contributed by atoms with van der Waals surface area (Å²) in [7, 11) is 0. The SMILES string of the molecule is O=C1CCC(C(=O)N(CCO)C2CCC2)=NN1. The highest BCUT2D eigenvalue weighted by Gasteiger charge is 2.31. The van der Waals surface area contributed by atoms with Crippen molar-refractivity contribution >= 4 is 17.5 Å². The Morgan fingerprint density at radius 3 is 2.71 bits per heavy atom. The van der Waals surface area contributed by atoms with Crippen LogP contribution in [-0.4, -0.2) is 46.7 Å². The summed E-state index contributed by atoms with van der Waals surface area (Å²) in [6, 6.07) is 0.231. The van der Waals surface area contributed by atoms with Gasteiger partial charge in [-0.05, 0) is 19.3 Å². The molecule has 0 saturated heterocycles. The Bertz CT molecular complexity index is 350. The van der Waals surface area contributed by atoms with Gasteiger partial charge in [-0.3, -0.25) is 9.59 Å². The van der Waals surface area contributed by atoms with Gasteiger partial charge in [0.25, 0.3) is 5.91 Å². The Morgan fingerprint density at radius 2 is 2.24 bits per heavy atom. The van der Waals surface area contributed by atoms with E-state index in [-0.39, 0.29) is 24.5 Å². The molecule has 0 unspecified atom stereocenters. The predicted octanol–water partition coefficient (Wildman–Crippen LogP) is -0.374. The van der Waals surface area contributed by atoms with Crippen LogP contribution in [0, 0.1) is 0 Å². The molecule has 2 N–H and O–H groups in total. The molecular weight excluding hydrogens is 222 g/mol. The van der Waals surface area contributed by atoms with Gasteiger partial charge in [0.1, 0.15) is 5.71 Å². The van der Waals surface area contributed by atoms with Crippen LogP contribution in [0.1, 0.15) is 32.1 Å². The zero-order valence-corrected chi connectivity index (χ0v) is 9.69. The summed E-state index contributed by atoms with van der Waals surface area (Å²) < 4.78 is 0. The van der Waals surface area contributed by atoms with Crippen LogP contribution in [0.25, 0.3) is 0 Å². The van der Waals surface area contributed by atoms with E-state index in [1.165, 1.54) is 0 Å². The molecule has 0 radical (unpaired) electrons. The second kappa shape index (κ2) is 5.27. The lowest BCUT2D eigenvalue weighted by Gasteiger charge is -2.37. The molecule has 0 aromatic carbocycles. The van der Waals surface area contributed by atoms with Gasteiger partial charge >= 0.3 is 0 Å². The van der Waals surface area contributed by atoms with Gasteiger partial charge in [-0.2, -0.15) is 5.10 Å². The van der Waals surface area contributed by atoms with Gasteiger partial charge in [-0.1, -0.05) is 0 Å². The van der Waals surface area contributed by atoms with Gasteiger partial charge in [0.05, 0.1) is 6.61 Å². The van der Waals surface area contributed by atoms with Crippen LogP contribution in [0.2, 0.25) is 0 Å². The molecule has 1 fully saturated rings. The zero-order chi connectivity index (χ0) is 12.3. The van der Waals surface area contributed by atoms with Crippen molar-refractivity contribution < 1.29 is 14.7 Å². The number of hydrogen-bond donors (Lipinski definition) is 2. The second-order valence-electron chi connectivity index (χ2n) is 4.40. The highest BCUT2D eigenvalue weighted by molar-refractivity contribution is 6.39. The minimum absolute atomic E-state index is 0.0398.